The normalized spacial score (nSPS) is 10.5. The van der Waals surface area contributed by atoms with Gasteiger partial charge in [0.1, 0.15) is 0 Å². The number of nitrogens with two attached hydrogens (primary N) is 2. The molecule has 0 heterocycles. The molecule has 2 rings (SSSR count). The number of hydrogen-bond donors (Lipinski definition) is 2. The summed E-state index contributed by atoms with van der Waals surface area (Å²) in [5.74, 6) is 0. The monoisotopic (exact) mass is 225 g/mol. The van der Waals surface area contributed by atoms with Crippen molar-refractivity contribution in [2.24, 2.45) is 0 Å². The second-order valence-electron chi connectivity index (χ2n) is 4.48. The van der Waals surface area contributed by atoms with Gasteiger partial charge in [0.15, 0.2) is 0 Å². The molecule has 0 saturated heterocycles. The summed E-state index contributed by atoms with van der Waals surface area (Å²) in [4.78, 5) is 0. The molecule has 2 aromatic carbocycles. The lowest BCUT2D eigenvalue weighted by Gasteiger charge is -2.14. The van der Waals surface area contributed by atoms with E-state index in [-0.39, 0.29) is 0 Å². The van der Waals surface area contributed by atoms with E-state index in [0.717, 1.165) is 22.4 Å². The average molecular weight is 225 g/mol. The molecule has 0 atom stereocenters. The lowest BCUT2D eigenvalue weighted by atomic mass is 9.93. The topological polar surface area (TPSA) is 52.0 Å². The first-order valence-corrected chi connectivity index (χ1v) is 5.64. The summed E-state index contributed by atoms with van der Waals surface area (Å²) in [6, 6.07) is 11.0. The van der Waals surface area contributed by atoms with E-state index in [1.807, 2.05) is 32.0 Å². The van der Waals surface area contributed by atoms with Crippen molar-refractivity contribution in [1.29, 1.82) is 0 Å². The minimum absolute atomic E-state index is 0.682. The molecule has 0 fully saturated rings. The van der Waals surface area contributed by atoms with Crippen LogP contribution in [-0.4, -0.2) is 0 Å². The van der Waals surface area contributed by atoms with E-state index < -0.39 is 0 Å². The molecule has 87 valence electrons. The van der Waals surface area contributed by atoms with Crippen LogP contribution < -0.4 is 11.5 Å². The zero-order chi connectivity index (χ0) is 12.6. The van der Waals surface area contributed by atoms with Gasteiger partial charge in [-0.25, -0.2) is 0 Å². The van der Waals surface area contributed by atoms with Gasteiger partial charge in [-0.15, -0.1) is 0 Å². The average Bonchev–Trinajstić information content (AvgIpc) is 2.23. The molecule has 2 nitrogen and oxygen atoms in total. The molecule has 2 heteroatoms. The van der Waals surface area contributed by atoms with Gasteiger partial charge in [-0.2, -0.15) is 0 Å². The van der Waals surface area contributed by atoms with E-state index in [9.17, 15) is 0 Å². The van der Waals surface area contributed by atoms with E-state index >= 15 is 0 Å². The molecule has 2 aromatic rings. The maximum atomic E-state index is 6.12. The highest BCUT2D eigenvalue weighted by molar-refractivity contribution is 5.83. The summed E-state index contributed by atoms with van der Waals surface area (Å²) in [6.45, 7) is 6.12. The summed E-state index contributed by atoms with van der Waals surface area (Å²) in [6.07, 6.45) is 0. The Kier molecular flexibility index (Phi) is 2.80. The Morgan fingerprint density at radius 2 is 1.76 bits per heavy atom. The Hall–Kier alpha value is -1.96. The molecule has 0 unspecified atom stereocenters. The Labute approximate surface area is 102 Å². The Morgan fingerprint density at radius 1 is 1.06 bits per heavy atom. The minimum Gasteiger partial charge on any atom is -0.398 e. The fourth-order valence-electron chi connectivity index (χ4n) is 2.23. The van der Waals surface area contributed by atoms with Gasteiger partial charge in [0.05, 0.1) is 0 Å². The quantitative estimate of drug-likeness (QED) is 0.732. The van der Waals surface area contributed by atoms with E-state index in [1.165, 1.54) is 11.1 Å². The van der Waals surface area contributed by atoms with Gasteiger partial charge < -0.3 is 11.5 Å². The number of hydrogen-bond acceptors (Lipinski definition) is 2. The van der Waals surface area contributed by atoms with Crippen LogP contribution in [0.15, 0.2) is 24.3 Å². The highest BCUT2D eigenvalue weighted by atomic mass is 14.6. The zero-order valence-electron chi connectivity index (χ0n) is 10.5. The van der Waals surface area contributed by atoms with Crippen LogP contribution in [0.2, 0.25) is 0 Å². The van der Waals surface area contributed by atoms with Crippen molar-refractivity contribution in [1.82, 2.24) is 0 Å². The van der Waals surface area contributed by atoms with Gasteiger partial charge in [-0.1, -0.05) is 18.2 Å². The van der Waals surface area contributed by atoms with E-state index in [2.05, 4.69) is 19.1 Å². The number of nitrogen functional groups attached to an aromatic ring is 2. The van der Waals surface area contributed by atoms with Crippen molar-refractivity contribution in [2.45, 2.75) is 20.8 Å². The van der Waals surface area contributed by atoms with E-state index in [1.54, 1.807) is 0 Å². The highest BCUT2D eigenvalue weighted by Gasteiger charge is 2.10. The summed E-state index contributed by atoms with van der Waals surface area (Å²) in [5.41, 5.74) is 19.1. The van der Waals surface area contributed by atoms with Crippen molar-refractivity contribution in [3.05, 3.63) is 47.0 Å². The minimum atomic E-state index is 0.682. The van der Waals surface area contributed by atoms with Crippen LogP contribution in [0, 0.1) is 26.8 Å². The number of rotatable bonds is 1. The van der Waals surface area contributed by atoms with Crippen molar-refractivity contribution >= 4 is 11.4 Å². The summed E-state index contributed by atoms with van der Waals surface area (Å²) in [5, 5.41) is 0. The molecular weight excluding hydrogens is 208 g/mol. The maximum absolute atomic E-state index is 6.12. The Bertz CT molecular complexity index is 548. The predicted octanol–water partition coefficient (Wildman–Crippen LogP) is 3.24. The summed E-state index contributed by atoms with van der Waals surface area (Å²) >= 11 is 0. The Balaban J connectivity index is 2.73. The number of benzene rings is 2. The third kappa shape index (κ3) is 1.98. The molecule has 4 N–H and O–H groups in total. The van der Waals surface area contributed by atoms with Crippen LogP contribution in [0.5, 0.6) is 0 Å². The second kappa shape index (κ2) is 4.13. The molecule has 0 aliphatic carbocycles. The predicted molar refractivity (Wildman–Crippen MR) is 73.7 cm³/mol. The van der Waals surface area contributed by atoms with Crippen LogP contribution in [0.1, 0.15) is 16.7 Å². The SMILES string of the molecule is Cc1cc(C)c(-c2cc[c]c(N)c2C)c(N)c1. The summed E-state index contributed by atoms with van der Waals surface area (Å²) in [7, 11) is 0. The van der Waals surface area contributed by atoms with Gasteiger partial charge in [-0.3, -0.25) is 0 Å². The largest absolute Gasteiger partial charge is 0.398 e. The molecular formula is C15H17N2. The van der Waals surface area contributed by atoms with Crippen LogP contribution in [0.3, 0.4) is 0 Å². The molecule has 0 spiro atoms. The molecule has 0 bridgehead atoms. The second-order valence-corrected chi connectivity index (χ2v) is 4.48. The first-order chi connectivity index (χ1) is 8.00. The van der Waals surface area contributed by atoms with Crippen molar-refractivity contribution in [3.63, 3.8) is 0 Å². The standard InChI is InChI=1S/C15H17N2/c1-9-7-10(2)15(14(17)8-9)12-5-4-6-13(16)11(12)3/h4-5,7-8H,16-17H2,1-3H3. The molecule has 1 radical (unpaired) electrons. The van der Waals surface area contributed by atoms with Crippen molar-refractivity contribution in [3.8, 4) is 11.1 Å². The number of aryl methyl sites for hydroxylation is 2. The maximum Gasteiger partial charge on any atom is 0.0430 e. The van der Waals surface area contributed by atoms with Gasteiger partial charge >= 0.3 is 0 Å². The lowest BCUT2D eigenvalue weighted by molar-refractivity contribution is 1.36. The van der Waals surface area contributed by atoms with Crippen LogP contribution >= 0.6 is 0 Å². The lowest BCUT2D eigenvalue weighted by Crippen LogP contribution is -1.98. The van der Waals surface area contributed by atoms with E-state index in [0.29, 0.717) is 5.69 Å². The molecule has 0 aromatic heterocycles. The zero-order valence-corrected chi connectivity index (χ0v) is 10.5. The van der Waals surface area contributed by atoms with Crippen LogP contribution in [-0.2, 0) is 0 Å². The van der Waals surface area contributed by atoms with Crippen molar-refractivity contribution in [2.75, 3.05) is 11.5 Å². The molecule has 0 amide bonds. The molecule has 0 aliphatic heterocycles. The first kappa shape index (κ1) is 11.5. The Morgan fingerprint density at radius 3 is 2.41 bits per heavy atom. The van der Waals surface area contributed by atoms with Gasteiger partial charge in [0.2, 0.25) is 0 Å². The third-order valence-electron chi connectivity index (χ3n) is 3.08. The van der Waals surface area contributed by atoms with Crippen LogP contribution in [0.25, 0.3) is 11.1 Å². The van der Waals surface area contributed by atoms with Gasteiger partial charge in [0.25, 0.3) is 0 Å². The molecule has 17 heavy (non-hydrogen) atoms. The smallest absolute Gasteiger partial charge is 0.0430 e. The number of anilines is 2. The van der Waals surface area contributed by atoms with Crippen molar-refractivity contribution < 1.29 is 0 Å². The van der Waals surface area contributed by atoms with Gasteiger partial charge in [-0.05, 0) is 49.1 Å². The summed E-state index contributed by atoms with van der Waals surface area (Å²) < 4.78 is 0. The first-order valence-electron chi connectivity index (χ1n) is 5.64. The third-order valence-corrected chi connectivity index (χ3v) is 3.08. The molecule has 0 aliphatic rings. The van der Waals surface area contributed by atoms with Crippen LogP contribution in [0.4, 0.5) is 11.4 Å². The fourth-order valence-corrected chi connectivity index (χ4v) is 2.23. The van der Waals surface area contributed by atoms with Gasteiger partial charge in [0, 0.05) is 23.0 Å². The fraction of sp³-hybridized carbons (Fsp3) is 0.200. The molecule has 0 saturated carbocycles. The highest BCUT2D eigenvalue weighted by Crippen LogP contribution is 2.34. The van der Waals surface area contributed by atoms with E-state index in [4.69, 9.17) is 11.5 Å².